The quantitative estimate of drug-likeness (QED) is 0.343. The molecular formula is C19H34N4O6S2. The predicted octanol–water partition coefficient (Wildman–Crippen LogP) is 0.568. The standard InChI is InChI=1S/C19H34N4O6S2/c1-11(2)7-13(17(26)15(24)8-16(25)20-9-12(3)4)21-18(27)14-10-30-19(22-14)23(5)31(6,28)29/h10-13,15,17,24,26H,7-9H2,1-6H3,(H,20,25)(H,21,27). The number of amides is 2. The average molecular weight is 479 g/mol. The highest BCUT2D eigenvalue weighted by atomic mass is 32.2. The lowest BCUT2D eigenvalue weighted by Gasteiger charge is -2.28. The first-order valence-electron chi connectivity index (χ1n) is 10.1. The van der Waals surface area contributed by atoms with Crippen molar-refractivity contribution in [3.8, 4) is 0 Å². The summed E-state index contributed by atoms with van der Waals surface area (Å²) in [7, 11) is -2.18. The summed E-state index contributed by atoms with van der Waals surface area (Å²) in [5.74, 6) is -0.651. The second kappa shape index (κ2) is 11.7. The Morgan fingerprint density at radius 2 is 1.81 bits per heavy atom. The van der Waals surface area contributed by atoms with Gasteiger partial charge in [0.2, 0.25) is 15.9 Å². The molecular weight excluding hydrogens is 444 g/mol. The van der Waals surface area contributed by atoms with Crippen molar-refractivity contribution in [2.45, 2.75) is 58.8 Å². The van der Waals surface area contributed by atoms with E-state index >= 15 is 0 Å². The molecule has 0 saturated heterocycles. The van der Waals surface area contributed by atoms with Gasteiger partial charge in [-0.3, -0.25) is 9.59 Å². The summed E-state index contributed by atoms with van der Waals surface area (Å²) < 4.78 is 24.3. The summed E-state index contributed by atoms with van der Waals surface area (Å²) in [6, 6.07) is -0.821. The normalized spacial score (nSPS) is 14.9. The van der Waals surface area contributed by atoms with E-state index in [9.17, 15) is 28.2 Å². The van der Waals surface area contributed by atoms with Gasteiger partial charge in [0.1, 0.15) is 11.8 Å². The van der Waals surface area contributed by atoms with Crippen LogP contribution in [0.3, 0.4) is 0 Å². The summed E-state index contributed by atoms with van der Waals surface area (Å²) in [5.41, 5.74) is 0.000576. The van der Waals surface area contributed by atoms with Crippen molar-refractivity contribution in [3.05, 3.63) is 11.1 Å². The molecule has 12 heteroatoms. The van der Waals surface area contributed by atoms with Gasteiger partial charge in [0, 0.05) is 19.0 Å². The molecule has 0 spiro atoms. The van der Waals surface area contributed by atoms with E-state index in [1.165, 1.54) is 12.4 Å². The molecule has 1 aromatic rings. The van der Waals surface area contributed by atoms with E-state index in [2.05, 4.69) is 15.6 Å². The maximum absolute atomic E-state index is 12.6. The minimum atomic E-state index is -3.52. The lowest BCUT2D eigenvalue weighted by Crippen LogP contribution is -2.50. The van der Waals surface area contributed by atoms with Crippen LogP contribution < -0.4 is 14.9 Å². The topological polar surface area (TPSA) is 149 Å². The molecule has 31 heavy (non-hydrogen) atoms. The Hall–Kier alpha value is -1.76. The van der Waals surface area contributed by atoms with Gasteiger partial charge in [-0.15, -0.1) is 11.3 Å². The van der Waals surface area contributed by atoms with Crippen LogP contribution in [0.5, 0.6) is 0 Å². The molecule has 0 saturated carbocycles. The van der Waals surface area contributed by atoms with Crippen LogP contribution in [-0.4, -0.2) is 73.5 Å². The number of anilines is 1. The number of aromatic nitrogens is 1. The van der Waals surface area contributed by atoms with E-state index in [0.29, 0.717) is 13.0 Å². The molecule has 0 aliphatic rings. The predicted molar refractivity (Wildman–Crippen MR) is 121 cm³/mol. The van der Waals surface area contributed by atoms with E-state index in [1.54, 1.807) is 0 Å². The molecule has 0 radical (unpaired) electrons. The molecule has 1 aromatic heterocycles. The number of hydrogen-bond donors (Lipinski definition) is 4. The fraction of sp³-hybridized carbons (Fsp3) is 0.737. The zero-order valence-electron chi connectivity index (χ0n) is 18.8. The first kappa shape index (κ1) is 27.3. The fourth-order valence-corrected chi connectivity index (χ4v) is 4.19. The molecule has 0 aromatic carbocycles. The number of rotatable bonds is 12. The van der Waals surface area contributed by atoms with E-state index in [0.717, 1.165) is 21.9 Å². The summed E-state index contributed by atoms with van der Waals surface area (Å²) in [6.07, 6.45) is -1.63. The molecule has 0 bridgehead atoms. The van der Waals surface area contributed by atoms with Crippen LogP contribution in [-0.2, 0) is 14.8 Å². The van der Waals surface area contributed by atoms with Gasteiger partial charge in [0.25, 0.3) is 5.91 Å². The molecule has 3 atom stereocenters. The third-order valence-corrected chi connectivity index (χ3v) is 6.64. The lowest BCUT2D eigenvalue weighted by molar-refractivity contribution is -0.125. The van der Waals surface area contributed by atoms with Gasteiger partial charge in [-0.05, 0) is 18.3 Å². The van der Waals surface area contributed by atoms with Crippen molar-refractivity contribution < 1.29 is 28.2 Å². The number of aliphatic hydroxyl groups is 2. The molecule has 0 aliphatic heterocycles. The molecule has 1 rings (SSSR count). The van der Waals surface area contributed by atoms with Gasteiger partial charge in [0.15, 0.2) is 5.13 Å². The highest BCUT2D eigenvalue weighted by Gasteiger charge is 2.31. The number of thiazole rings is 1. The summed E-state index contributed by atoms with van der Waals surface area (Å²) in [6.45, 7) is 8.14. The minimum absolute atomic E-state index is 0.000576. The van der Waals surface area contributed by atoms with Crippen molar-refractivity contribution in [1.82, 2.24) is 15.6 Å². The van der Waals surface area contributed by atoms with Gasteiger partial charge in [0.05, 0.1) is 24.8 Å². The summed E-state index contributed by atoms with van der Waals surface area (Å²) >= 11 is 0.995. The molecule has 2 amide bonds. The van der Waals surface area contributed by atoms with Crippen LogP contribution in [0.2, 0.25) is 0 Å². The molecule has 178 valence electrons. The van der Waals surface area contributed by atoms with Crippen LogP contribution in [0.1, 0.15) is 51.0 Å². The zero-order valence-corrected chi connectivity index (χ0v) is 20.5. The number of sulfonamides is 1. The SMILES string of the molecule is CC(C)CNC(=O)CC(O)C(O)C(CC(C)C)NC(=O)c1csc(N(C)S(C)(=O)=O)n1. The second-order valence-electron chi connectivity index (χ2n) is 8.42. The number of hydrogen-bond acceptors (Lipinski definition) is 8. The number of nitrogens with zero attached hydrogens (tertiary/aromatic N) is 2. The van der Waals surface area contributed by atoms with E-state index in [4.69, 9.17) is 0 Å². The van der Waals surface area contributed by atoms with Crippen molar-refractivity contribution in [1.29, 1.82) is 0 Å². The molecule has 10 nitrogen and oxygen atoms in total. The molecule has 0 fully saturated rings. The van der Waals surface area contributed by atoms with E-state index in [-0.39, 0.29) is 35.0 Å². The average Bonchev–Trinajstić information content (AvgIpc) is 3.13. The van der Waals surface area contributed by atoms with Gasteiger partial charge in [-0.25, -0.2) is 17.7 Å². The molecule has 0 aliphatic carbocycles. The molecule has 3 unspecified atom stereocenters. The van der Waals surface area contributed by atoms with Gasteiger partial charge < -0.3 is 20.8 Å². The zero-order chi connectivity index (χ0) is 23.9. The summed E-state index contributed by atoms with van der Waals surface area (Å²) in [4.78, 5) is 28.7. The molecule has 4 N–H and O–H groups in total. The Kier molecular flexibility index (Phi) is 10.3. The second-order valence-corrected chi connectivity index (χ2v) is 11.3. The number of nitrogens with one attached hydrogen (secondary N) is 2. The highest BCUT2D eigenvalue weighted by Crippen LogP contribution is 2.22. The minimum Gasteiger partial charge on any atom is -0.390 e. The Labute approximate surface area is 188 Å². The number of carbonyl (C=O) groups is 2. The number of carbonyl (C=O) groups excluding carboxylic acids is 2. The van der Waals surface area contributed by atoms with Crippen LogP contribution in [0.25, 0.3) is 0 Å². The first-order valence-corrected chi connectivity index (χ1v) is 12.8. The molecule has 1 heterocycles. The highest BCUT2D eigenvalue weighted by molar-refractivity contribution is 7.92. The van der Waals surface area contributed by atoms with Crippen LogP contribution in [0, 0.1) is 11.8 Å². The fourth-order valence-electron chi connectivity index (χ4n) is 2.66. The van der Waals surface area contributed by atoms with Crippen LogP contribution in [0.15, 0.2) is 5.38 Å². The van der Waals surface area contributed by atoms with Gasteiger partial charge in [-0.2, -0.15) is 0 Å². The van der Waals surface area contributed by atoms with Gasteiger partial charge >= 0.3 is 0 Å². The van der Waals surface area contributed by atoms with Crippen LogP contribution >= 0.6 is 11.3 Å². The van der Waals surface area contributed by atoms with E-state index in [1.807, 2.05) is 27.7 Å². The maximum Gasteiger partial charge on any atom is 0.271 e. The number of aliphatic hydroxyl groups excluding tert-OH is 2. The Morgan fingerprint density at radius 1 is 1.19 bits per heavy atom. The smallest absolute Gasteiger partial charge is 0.271 e. The monoisotopic (exact) mass is 478 g/mol. The Balaban J connectivity index is 2.86. The van der Waals surface area contributed by atoms with Crippen molar-refractivity contribution in [2.24, 2.45) is 11.8 Å². The third-order valence-electron chi connectivity index (χ3n) is 4.44. The Bertz CT molecular complexity index is 840. The third kappa shape index (κ3) is 9.09. The Morgan fingerprint density at radius 3 is 2.32 bits per heavy atom. The first-order chi connectivity index (χ1) is 14.2. The maximum atomic E-state index is 12.6. The lowest BCUT2D eigenvalue weighted by atomic mass is 9.94. The summed E-state index contributed by atoms with van der Waals surface area (Å²) in [5, 5.41) is 27.8. The van der Waals surface area contributed by atoms with Crippen molar-refractivity contribution in [3.63, 3.8) is 0 Å². The largest absolute Gasteiger partial charge is 0.390 e. The van der Waals surface area contributed by atoms with Crippen molar-refractivity contribution in [2.75, 3.05) is 24.2 Å². The van der Waals surface area contributed by atoms with E-state index < -0.39 is 34.2 Å². The van der Waals surface area contributed by atoms with Crippen LogP contribution in [0.4, 0.5) is 5.13 Å². The van der Waals surface area contributed by atoms with Crippen molar-refractivity contribution >= 4 is 38.3 Å². The van der Waals surface area contributed by atoms with Gasteiger partial charge in [-0.1, -0.05) is 27.7 Å².